The summed E-state index contributed by atoms with van der Waals surface area (Å²) < 4.78 is 17.2. The Morgan fingerprint density at radius 1 is 0.974 bits per heavy atom. The molecule has 1 aromatic carbocycles. The van der Waals surface area contributed by atoms with E-state index in [1.807, 2.05) is 42.1 Å². The number of carbonyl (C=O) groups excluding carboxylic acids is 1. The number of thiazole rings is 1. The highest BCUT2D eigenvalue weighted by molar-refractivity contribution is 7.17. The Morgan fingerprint density at radius 2 is 1.77 bits per heavy atom. The molecule has 1 aliphatic rings. The number of hydrogen-bond donors (Lipinski definition) is 1. The van der Waals surface area contributed by atoms with Gasteiger partial charge in [0.15, 0.2) is 11.5 Å². The average molecular weight is 537 g/mol. The normalized spacial score (nSPS) is 13.2. The van der Waals surface area contributed by atoms with Crippen LogP contribution >= 0.6 is 11.3 Å². The van der Waals surface area contributed by atoms with Gasteiger partial charge in [-0.1, -0.05) is 0 Å². The molecule has 1 saturated carbocycles. The number of halogens is 1. The van der Waals surface area contributed by atoms with Gasteiger partial charge in [0.05, 0.1) is 23.6 Å². The van der Waals surface area contributed by atoms with Crippen LogP contribution in [0.3, 0.4) is 0 Å². The van der Waals surface area contributed by atoms with Crippen molar-refractivity contribution in [2.24, 2.45) is 0 Å². The van der Waals surface area contributed by atoms with Gasteiger partial charge in [0, 0.05) is 35.3 Å². The Bertz CT molecular complexity index is 1840. The molecule has 11 heteroatoms. The van der Waals surface area contributed by atoms with Gasteiger partial charge in [-0.3, -0.25) is 14.5 Å². The Balaban J connectivity index is 1.19. The zero-order valence-electron chi connectivity index (χ0n) is 20.7. The number of hydrogen-bond acceptors (Lipinski definition) is 7. The number of nitrogens with zero attached hydrogens (tertiary/aromatic N) is 7. The van der Waals surface area contributed by atoms with E-state index in [9.17, 15) is 9.18 Å². The second-order valence-electron chi connectivity index (χ2n) is 9.38. The molecule has 6 aromatic rings. The lowest BCUT2D eigenvalue weighted by Gasteiger charge is -2.03. The van der Waals surface area contributed by atoms with Crippen LogP contribution in [0.2, 0.25) is 0 Å². The Hall–Kier alpha value is -4.77. The summed E-state index contributed by atoms with van der Waals surface area (Å²) >= 11 is 1.32. The fraction of sp³-hybridized carbons (Fsp3) is 0.143. The number of amides is 1. The highest BCUT2D eigenvalue weighted by Crippen LogP contribution is 2.38. The van der Waals surface area contributed by atoms with Gasteiger partial charge in [0.2, 0.25) is 0 Å². The summed E-state index contributed by atoms with van der Waals surface area (Å²) in [6.45, 7) is 1.81. The van der Waals surface area contributed by atoms with Gasteiger partial charge < -0.3 is 5.32 Å². The molecule has 1 amide bonds. The fourth-order valence-electron chi connectivity index (χ4n) is 4.41. The van der Waals surface area contributed by atoms with Crippen molar-refractivity contribution in [3.8, 4) is 33.1 Å². The molecule has 1 fully saturated rings. The number of fused-ring (bicyclic) bond motifs is 1. The lowest BCUT2D eigenvalue weighted by Crippen LogP contribution is -2.11. The molecule has 0 radical (unpaired) electrons. The van der Waals surface area contributed by atoms with Crippen molar-refractivity contribution in [1.29, 1.82) is 0 Å². The van der Waals surface area contributed by atoms with Gasteiger partial charge in [-0.2, -0.15) is 10.2 Å². The van der Waals surface area contributed by atoms with Crippen LogP contribution in [-0.4, -0.2) is 40.3 Å². The zero-order valence-corrected chi connectivity index (χ0v) is 21.6. The zero-order chi connectivity index (χ0) is 26.5. The van der Waals surface area contributed by atoms with E-state index in [0.29, 0.717) is 33.8 Å². The highest BCUT2D eigenvalue weighted by atomic mass is 32.1. The molecule has 0 atom stereocenters. The maximum atomic E-state index is 13.6. The Kier molecular flexibility index (Phi) is 5.51. The predicted octanol–water partition coefficient (Wildman–Crippen LogP) is 5.81. The molecule has 5 heterocycles. The van der Waals surface area contributed by atoms with E-state index in [4.69, 9.17) is 10.2 Å². The summed E-state index contributed by atoms with van der Waals surface area (Å²) in [5.41, 5.74) is 5.25. The van der Waals surface area contributed by atoms with Crippen molar-refractivity contribution in [1.82, 2.24) is 34.3 Å². The Morgan fingerprint density at radius 3 is 2.54 bits per heavy atom. The van der Waals surface area contributed by atoms with E-state index in [1.165, 1.54) is 23.5 Å². The third kappa shape index (κ3) is 4.46. The summed E-state index contributed by atoms with van der Waals surface area (Å²) in [6, 6.07) is 14.1. The number of carbonyl (C=O) groups is 1. The molecule has 0 bridgehead atoms. The molecule has 0 unspecified atom stereocenters. The van der Waals surface area contributed by atoms with Crippen LogP contribution in [0.25, 0.3) is 38.7 Å². The molecule has 0 spiro atoms. The quantitative estimate of drug-likeness (QED) is 0.288. The maximum absolute atomic E-state index is 13.6. The number of pyridine rings is 1. The molecule has 0 saturated heterocycles. The van der Waals surface area contributed by atoms with Crippen molar-refractivity contribution in [3.63, 3.8) is 0 Å². The summed E-state index contributed by atoms with van der Waals surface area (Å²) in [4.78, 5) is 26.7. The summed E-state index contributed by atoms with van der Waals surface area (Å²) in [5, 5.41) is 13.2. The monoisotopic (exact) mass is 536 g/mol. The fourth-order valence-corrected chi connectivity index (χ4v) is 5.38. The van der Waals surface area contributed by atoms with E-state index in [2.05, 4.69) is 20.3 Å². The molecule has 9 nitrogen and oxygen atoms in total. The van der Waals surface area contributed by atoms with Crippen molar-refractivity contribution < 1.29 is 9.18 Å². The van der Waals surface area contributed by atoms with Crippen molar-refractivity contribution in [2.45, 2.75) is 25.8 Å². The molecule has 0 aliphatic heterocycles. The van der Waals surface area contributed by atoms with Gasteiger partial charge >= 0.3 is 0 Å². The van der Waals surface area contributed by atoms with Gasteiger partial charge in [0.1, 0.15) is 21.4 Å². The van der Waals surface area contributed by atoms with Crippen LogP contribution in [0.4, 0.5) is 10.2 Å². The standard InChI is InChI=1S/C28H21FN8OS/c1-16-26(39-28(31-16)18-10-12-30-13-11-18)27(38)33-23-15-37-24(32-23)9-8-22(34-37)21-14-36(20-6-7-20)35-25(21)17-2-4-19(29)5-3-17/h2-5,8-15,20H,6-7H2,1H3,(H,33,38). The van der Waals surface area contributed by atoms with Crippen molar-refractivity contribution in [3.05, 3.63) is 89.7 Å². The van der Waals surface area contributed by atoms with Gasteiger partial charge in [-0.05, 0) is 68.3 Å². The van der Waals surface area contributed by atoms with Gasteiger partial charge in [0.25, 0.3) is 5.91 Å². The first-order valence-corrected chi connectivity index (χ1v) is 13.2. The van der Waals surface area contributed by atoms with Crippen LogP contribution in [0, 0.1) is 12.7 Å². The maximum Gasteiger partial charge on any atom is 0.268 e. The lowest BCUT2D eigenvalue weighted by atomic mass is 10.1. The Labute approximate surface area is 226 Å². The summed E-state index contributed by atoms with van der Waals surface area (Å²) in [5.74, 6) is -0.190. The summed E-state index contributed by atoms with van der Waals surface area (Å²) in [7, 11) is 0. The number of benzene rings is 1. The van der Waals surface area contributed by atoms with Gasteiger partial charge in [-0.25, -0.2) is 18.9 Å². The molecule has 7 rings (SSSR count). The largest absolute Gasteiger partial charge is 0.304 e. The second kappa shape index (κ2) is 9.21. The minimum atomic E-state index is -0.295. The number of aromatic nitrogens is 7. The second-order valence-corrected chi connectivity index (χ2v) is 10.4. The van der Waals surface area contributed by atoms with Crippen LogP contribution in [0.5, 0.6) is 0 Å². The molecular weight excluding hydrogens is 515 g/mol. The highest BCUT2D eigenvalue weighted by Gasteiger charge is 2.27. The molecule has 39 heavy (non-hydrogen) atoms. The first kappa shape index (κ1) is 23.4. The minimum absolute atomic E-state index is 0.279. The third-order valence-corrected chi connectivity index (χ3v) is 7.74. The number of aryl methyl sites for hydroxylation is 1. The lowest BCUT2D eigenvalue weighted by molar-refractivity contribution is 0.102. The van der Waals surface area contributed by atoms with Crippen molar-refractivity contribution >= 4 is 28.7 Å². The van der Waals surface area contributed by atoms with E-state index < -0.39 is 0 Å². The smallest absolute Gasteiger partial charge is 0.268 e. The molecule has 192 valence electrons. The molecule has 1 aliphatic carbocycles. The third-order valence-electron chi connectivity index (χ3n) is 6.54. The number of nitrogens with one attached hydrogen (secondary N) is 1. The molecular formula is C28H21FN8OS. The molecule has 5 aromatic heterocycles. The van der Waals surface area contributed by atoms with E-state index in [1.54, 1.807) is 35.2 Å². The SMILES string of the molecule is Cc1nc(-c2ccncc2)sc1C(=O)Nc1cn2nc(-c3cn(C4CC4)nc3-c3ccc(F)cc3)ccc2n1. The topological polar surface area (TPSA) is 103 Å². The van der Waals surface area contributed by atoms with Crippen LogP contribution in [0.1, 0.15) is 34.2 Å². The van der Waals surface area contributed by atoms with Gasteiger partial charge in [-0.15, -0.1) is 11.3 Å². The molecule has 1 N–H and O–H groups in total. The number of imidazole rings is 1. The number of rotatable bonds is 6. The number of anilines is 1. The summed E-state index contributed by atoms with van der Waals surface area (Å²) in [6.07, 6.45) is 9.25. The minimum Gasteiger partial charge on any atom is -0.304 e. The predicted molar refractivity (Wildman–Crippen MR) is 146 cm³/mol. The van der Waals surface area contributed by atoms with Crippen molar-refractivity contribution in [2.75, 3.05) is 5.32 Å². The van der Waals surface area contributed by atoms with Crippen LogP contribution < -0.4 is 5.32 Å². The van der Waals surface area contributed by atoms with Crippen LogP contribution in [-0.2, 0) is 0 Å². The average Bonchev–Trinajstić information content (AvgIpc) is 3.38. The van der Waals surface area contributed by atoms with Crippen LogP contribution in [0.15, 0.2) is 73.3 Å². The first-order chi connectivity index (χ1) is 19.0. The van der Waals surface area contributed by atoms with E-state index in [0.717, 1.165) is 40.2 Å². The van der Waals surface area contributed by atoms with E-state index >= 15 is 0 Å². The van der Waals surface area contributed by atoms with E-state index in [-0.39, 0.29) is 11.7 Å². The first-order valence-electron chi connectivity index (χ1n) is 12.4.